The van der Waals surface area contributed by atoms with Crippen LogP contribution >= 0.6 is 11.3 Å². The summed E-state index contributed by atoms with van der Waals surface area (Å²) in [4.78, 5) is 5.87. The Hall–Kier alpha value is -2.81. The fourth-order valence-electron chi connectivity index (χ4n) is 2.72. The van der Waals surface area contributed by atoms with Crippen LogP contribution in [-0.2, 0) is 20.0 Å². The van der Waals surface area contributed by atoms with Gasteiger partial charge < -0.3 is 15.2 Å². The number of rotatable bonds is 7. The minimum Gasteiger partial charge on any atom is -0.356 e. The maximum Gasteiger partial charge on any atom is 0.192 e. The standard InChI is InChI=1S/C20H24F2N6S/c1-13(15-6-7-17(21)18(22)11-15)25-20(23-9-8-16-5-4-10-29-16)24-12-19-27-26-14(2)28(19)3/h4-7,10-11,13H,8-9,12H2,1-3H3,(H2,23,24,25). The van der Waals surface area contributed by atoms with Crippen LogP contribution in [0.2, 0.25) is 0 Å². The van der Waals surface area contributed by atoms with Gasteiger partial charge in [-0.15, -0.1) is 21.5 Å². The Labute approximate surface area is 172 Å². The van der Waals surface area contributed by atoms with Crippen molar-refractivity contribution in [1.82, 2.24) is 25.4 Å². The van der Waals surface area contributed by atoms with Crippen LogP contribution < -0.4 is 10.6 Å². The molecular weight excluding hydrogens is 394 g/mol. The Bertz CT molecular complexity index is 968. The van der Waals surface area contributed by atoms with Crippen molar-refractivity contribution in [1.29, 1.82) is 0 Å². The molecule has 0 saturated carbocycles. The van der Waals surface area contributed by atoms with Crippen molar-refractivity contribution in [3.63, 3.8) is 0 Å². The van der Waals surface area contributed by atoms with Crippen molar-refractivity contribution in [2.75, 3.05) is 6.54 Å². The molecule has 0 fully saturated rings. The summed E-state index contributed by atoms with van der Waals surface area (Å²) >= 11 is 1.70. The Kier molecular flexibility index (Phi) is 6.92. The SMILES string of the molecule is Cc1nnc(CN=C(NCCc2cccs2)NC(C)c2ccc(F)c(F)c2)n1C. The minimum absolute atomic E-state index is 0.265. The van der Waals surface area contributed by atoms with E-state index in [-0.39, 0.29) is 6.04 Å². The lowest BCUT2D eigenvalue weighted by molar-refractivity contribution is 0.504. The predicted octanol–water partition coefficient (Wildman–Crippen LogP) is 3.50. The number of aryl methyl sites for hydroxylation is 1. The molecule has 0 amide bonds. The molecule has 1 atom stereocenters. The van der Waals surface area contributed by atoms with Crippen LogP contribution in [0.3, 0.4) is 0 Å². The molecule has 0 aliphatic heterocycles. The summed E-state index contributed by atoms with van der Waals surface area (Å²) in [5.41, 5.74) is 0.631. The summed E-state index contributed by atoms with van der Waals surface area (Å²) < 4.78 is 28.7. The average Bonchev–Trinajstić information content (AvgIpc) is 3.32. The summed E-state index contributed by atoms with van der Waals surface area (Å²) in [7, 11) is 1.89. The maximum absolute atomic E-state index is 13.6. The number of aromatic nitrogens is 3. The van der Waals surface area contributed by atoms with Crippen LogP contribution in [0.4, 0.5) is 8.78 Å². The van der Waals surface area contributed by atoms with E-state index in [0.717, 1.165) is 24.1 Å². The summed E-state index contributed by atoms with van der Waals surface area (Å²) in [5.74, 6) is 0.392. The molecule has 6 nitrogen and oxygen atoms in total. The molecule has 3 rings (SSSR count). The third-order valence-electron chi connectivity index (χ3n) is 4.60. The maximum atomic E-state index is 13.6. The van der Waals surface area contributed by atoms with Gasteiger partial charge in [-0.2, -0.15) is 0 Å². The highest BCUT2D eigenvalue weighted by Crippen LogP contribution is 2.16. The first kappa shape index (κ1) is 20.9. The number of nitrogens with zero attached hydrogens (tertiary/aromatic N) is 4. The number of aliphatic imine (C=N–C) groups is 1. The molecule has 2 aromatic heterocycles. The summed E-state index contributed by atoms with van der Waals surface area (Å²) in [5, 5.41) is 16.8. The van der Waals surface area contributed by atoms with Crippen LogP contribution in [0.15, 0.2) is 40.7 Å². The van der Waals surface area contributed by atoms with Crippen molar-refractivity contribution in [3.05, 3.63) is 69.4 Å². The second-order valence-electron chi connectivity index (χ2n) is 6.68. The van der Waals surface area contributed by atoms with Crippen LogP contribution in [0.5, 0.6) is 0 Å². The molecule has 0 saturated heterocycles. The van der Waals surface area contributed by atoms with E-state index in [4.69, 9.17) is 0 Å². The highest BCUT2D eigenvalue weighted by molar-refractivity contribution is 7.09. The number of nitrogens with one attached hydrogen (secondary N) is 2. The zero-order valence-corrected chi connectivity index (χ0v) is 17.4. The largest absolute Gasteiger partial charge is 0.356 e. The van der Waals surface area contributed by atoms with Gasteiger partial charge in [0.05, 0.1) is 6.04 Å². The summed E-state index contributed by atoms with van der Waals surface area (Å²) in [6.45, 7) is 4.78. The molecule has 154 valence electrons. The van der Waals surface area contributed by atoms with Gasteiger partial charge in [0.25, 0.3) is 0 Å². The molecule has 0 aliphatic rings. The van der Waals surface area contributed by atoms with E-state index in [1.54, 1.807) is 17.4 Å². The van der Waals surface area contributed by atoms with E-state index >= 15 is 0 Å². The first-order chi connectivity index (χ1) is 13.9. The number of hydrogen-bond acceptors (Lipinski definition) is 4. The lowest BCUT2D eigenvalue weighted by Gasteiger charge is -2.19. The molecule has 0 radical (unpaired) electrons. The lowest BCUT2D eigenvalue weighted by atomic mass is 10.1. The first-order valence-corrected chi connectivity index (χ1v) is 10.2. The van der Waals surface area contributed by atoms with Crippen molar-refractivity contribution >= 4 is 17.3 Å². The van der Waals surface area contributed by atoms with Gasteiger partial charge >= 0.3 is 0 Å². The van der Waals surface area contributed by atoms with E-state index in [9.17, 15) is 8.78 Å². The number of halogens is 2. The molecule has 9 heteroatoms. The van der Waals surface area contributed by atoms with Gasteiger partial charge in [0.2, 0.25) is 0 Å². The Morgan fingerprint density at radius 1 is 1.24 bits per heavy atom. The zero-order valence-electron chi connectivity index (χ0n) is 16.6. The first-order valence-electron chi connectivity index (χ1n) is 9.31. The Morgan fingerprint density at radius 2 is 2.07 bits per heavy atom. The number of benzene rings is 1. The molecular formula is C20H24F2N6S. The fraction of sp³-hybridized carbons (Fsp3) is 0.350. The van der Waals surface area contributed by atoms with E-state index in [1.807, 2.05) is 36.9 Å². The van der Waals surface area contributed by atoms with Gasteiger partial charge in [-0.1, -0.05) is 12.1 Å². The molecule has 0 spiro atoms. The average molecular weight is 419 g/mol. The van der Waals surface area contributed by atoms with Crippen molar-refractivity contribution < 1.29 is 8.78 Å². The van der Waals surface area contributed by atoms with Crippen LogP contribution in [0.1, 0.15) is 35.1 Å². The van der Waals surface area contributed by atoms with Gasteiger partial charge in [0.1, 0.15) is 12.4 Å². The van der Waals surface area contributed by atoms with Gasteiger partial charge in [-0.05, 0) is 49.4 Å². The molecule has 3 aromatic rings. The van der Waals surface area contributed by atoms with Gasteiger partial charge in [0, 0.05) is 18.5 Å². The van der Waals surface area contributed by atoms with E-state index in [2.05, 4.69) is 31.9 Å². The van der Waals surface area contributed by atoms with Crippen LogP contribution in [0, 0.1) is 18.6 Å². The molecule has 1 unspecified atom stereocenters. The van der Waals surface area contributed by atoms with E-state index in [1.165, 1.54) is 10.9 Å². The van der Waals surface area contributed by atoms with E-state index in [0.29, 0.717) is 24.6 Å². The second kappa shape index (κ2) is 9.60. The van der Waals surface area contributed by atoms with Gasteiger partial charge in [-0.25, -0.2) is 13.8 Å². The number of guanidine groups is 1. The second-order valence-corrected chi connectivity index (χ2v) is 7.72. The fourth-order valence-corrected chi connectivity index (χ4v) is 3.43. The molecule has 0 aliphatic carbocycles. The molecule has 29 heavy (non-hydrogen) atoms. The molecule has 2 heterocycles. The highest BCUT2D eigenvalue weighted by atomic mass is 32.1. The number of hydrogen-bond donors (Lipinski definition) is 2. The topological polar surface area (TPSA) is 67.1 Å². The van der Waals surface area contributed by atoms with Crippen molar-refractivity contribution in [2.45, 2.75) is 32.9 Å². The Morgan fingerprint density at radius 3 is 2.72 bits per heavy atom. The van der Waals surface area contributed by atoms with Crippen molar-refractivity contribution in [3.8, 4) is 0 Å². The zero-order chi connectivity index (χ0) is 20.8. The minimum atomic E-state index is -0.866. The number of thiophene rings is 1. The predicted molar refractivity (Wildman–Crippen MR) is 111 cm³/mol. The van der Waals surface area contributed by atoms with Gasteiger partial charge in [-0.3, -0.25) is 0 Å². The molecule has 0 bridgehead atoms. The van der Waals surface area contributed by atoms with Crippen molar-refractivity contribution in [2.24, 2.45) is 12.0 Å². The van der Waals surface area contributed by atoms with Crippen LogP contribution in [0.25, 0.3) is 0 Å². The lowest BCUT2D eigenvalue weighted by Crippen LogP contribution is -2.39. The smallest absolute Gasteiger partial charge is 0.192 e. The molecule has 2 N–H and O–H groups in total. The summed E-state index contributed by atoms with van der Waals surface area (Å²) in [6, 6.07) is 7.73. The normalized spacial score (nSPS) is 12.8. The van der Waals surface area contributed by atoms with Gasteiger partial charge in [0.15, 0.2) is 23.4 Å². The summed E-state index contributed by atoms with van der Waals surface area (Å²) in [6.07, 6.45) is 0.862. The highest BCUT2D eigenvalue weighted by Gasteiger charge is 2.12. The van der Waals surface area contributed by atoms with E-state index < -0.39 is 11.6 Å². The molecule has 1 aromatic carbocycles. The third kappa shape index (κ3) is 5.60. The van der Waals surface area contributed by atoms with Crippen LogP contribution in [-0.4, -0.2) is 27.3 Å². The Balaban J connectivity index is 1.70. The quantitative estimate of drug-likeness (QED) is 0.455. The monoisotopic (exact) mass is 418 g/mol. The third-order valence-corrected chi connectivity index (χ3v) is 5.54.